The van der Waals surface area contributed by atoms with E-state index in [1.54, 1.807) is 24.3 Å². The summed E-state index contributed by atoms with van der Waals surface area (Å²) in [5.74, 6) is -1.11. The van der Waals surface area contributed by atoms with Crippen molar-refractivity contribution in [2.75, 3.05) is 4.90 Å². The summed E-state index contributed by atoms with van der Waals surface area (Å²) in [6, 6.07) is 6.30. The number of carbonyl (C=O) groups excluding carboxylic acids is 3. The van der Waals surface area contributed by atoms with Gasteiger partial charge in [0.05, 0.1) is 11.3 Å². The smallest absolute Gasteiger partial charge is 0.324 e. The molecule has 126 valence electrons. The van der Waals surface area contributed by atoms with E-state index >= 15 is 0 Å². The predicted octanol–water partition coefficient (Wildman–Crippen LogP) is 3.75. The molecule has 6 heteroatoms. The average Bonchev–Trinajstić information content (AvgIpc) is 2.36. The SMILES string of the molecule is CC(=O)N(C(C)=O)c1ccc(C(=O)O[Si](C)(C)C(C)(C)C)cc1. The summed E-state index contributed by atoms with van der Waals surface area (Å²) in [7, 11) is -2.19. The van der Waals surface area contributed by atoms with Gasteiger partial charge in [0.25, 0.3) is 8.32 Å². The fraction of sp³-hybridized carbons (Fsp3) is 0.471. The topological polar surface area (TPSA) is 63.7 Å². The monoisotopic (exact) mass is 335 g/mol. The Hall–Kier alpha value is -1.95. The Bertz CT molecular complexity index is 600. The molecule has 0 unspecified atom stereocenters. The lowest BCUT2D eigenvalue weighted by Crippen LogP contribution is -2.42. The Morgan fingerprint density at radius 1 is 0.957 bits per heavy atom. The van der Waals surface area contributed by atoms with Crippen molar-refractivity contribution in [3.05, 3.63) is 29.8 Å². The Labute approximate surface area is 138 Å². The summed E-state index contributed by atoms with van der Waals surface area (Å²) < 4.78 is 5.74. The normalized spacial score (nSPS) is 11.8. The van der Waals surface area contributed by atoms with E-state index in [2.05, 4.69) is 20.8 Å². The highest BCUT2D eigenvalue weighted by atomic mass is 28.4. The molecule has 5 nitrogen and oxygen atoms in total. The molecule has 0 heterocycles. The molecule has 0 spiro atoms. The second-order valence-corrected chi connectivity index (χ2v) is 11.8. The van der Waals surface area contributed by atoms with Gasteiger partial charge in [0.1, 0.15) is 0 Å². The van der Waals surface area contributed by atoms with Gasteiger partial charge in [-0.15, -0.1) is 0 Å². The van der Waals surface area contributed by atoms with Gasteiger partial charge in [0, 0.05) is 13.8 Å². The lowest BCUT2D eigenvalue weighted by molar-refractivity contribution is -0.124. The second-order valence-electron chi connectivity index (χ2n) is 7.07. The first-order chi connectivity index (χ1) is 10.4. The van der Waals surface area contributed by atoms with Crippen molar-refractivity contribution in [3.8, 4) is 0 Å². The molecule has 0 fully saturated rings. The van der Waals surface area contributed by atoms with Gasteiger partial charge in [0.15, 0.2) is 0 Å². The van der Waals surface area contributed by atoms with E-state index in [4.69, 9.17) is 4.43 Å². The van der Waals surface area contributed by atoms with Crippen molar-refractivity contribution in [2.24, 2.45) is 0 Å². The molecule has 0 aromatic heterocycles. The van der Waals surface area contributed by atoms with Crippen LogP contribution < -0.4 is 4.90 Å². The number of imide groups is 1. The van der Waals surface area contributed by atoms with Crippen LogP contribution in [0.5, 0.6) is 0 Å². The first-order valence-corrected chi connectivity index (χ1v) is 10.4. The Kier molecular flexibility index (Phi) is 5.53. The molecule has 0 aliphatic rings. The second kappa shape index (κ2) is 6.66. The number of carbonyl (C=O) groups is 3. The van der Waals surface area contributed by atoms with Gasteiger partial charge in [-0.05, 0) is 42.4 Å². The maximum atomic E-state index is 12.3. The summed E-state index contributed by atoms with van der Waals surface area (Å²) in [4.78, 5) is 36.4. The van der Waals surface area contributed by atoms with Crippen LogP contribution in [0.4, 0.5) is 5.69 Å². The van der Waals surface area contributed by atoms with Crippen molar-refractivity contribution in [1.82, 2.24) is 0 Å². The van der Waals surface area contributed by atoms with Crippen LogP contribution in [0, 0.1) is 0 Å². The minimum Gasteiger partial charge on any atom is -0.516 e. The minimum absolute atomic E-state index is 0.0668. The molecule has 0 N–H and O–H groups in total. The van der Waals surface area contributed by atoms with Crippen LogP contribution in [0.3, 0.4) is 0 Å². The lowest BCUT2D eigenvalue weighted by Gasteiger charge is -2.35. The Morgan fingerprint density at radius 2 is 1.39 bits per heavy atom. The molecule has 0 saturated heterocycles. The fourth-order valence-electron chi connectivity index (χ4n) is 1.78. The third-order valence-electron chi connectivity index (χ3n) is 4.15. The number of benzene rings is 1. The Morgan fingerprint density at radius 3 is 1.74 bits per heavy atom. The summed E-state index contributed by atoms with van der Waals surface area (Å²) in [6.07, 6.45) is 0. The van der Waals surface area contributed by atoms with Gasteiger partial charge >= 0.3 is 5.97 Å². The zero-order valence-corrected chi connectivity index (χ0v) is 15.9. The molecule has 1 aromatic carbocycles. The largest absolute Gasteiger partial charge is 0.516 e. The summed E-state index contributed by atoms with van der Waals surface area (Å²) in [5.41, 5.74) is 0.847. The molecule has 1 rings (SSSR count). The lowest BCUT2D eigenvalue weighted by atomic mass is 10.2. The first-order valence-electron chi connectivity index (χ1n) is 7.51. The fourth-order valence-corrected chi connectivity index (χ4v) is 2.66. The van der Waals surface area contributed by atoms with Crippen LogP contribution in [0.25, 0.3) is 0 Å². The number of hydrogen-bond acceptors (Lipinski definition) is 4. The third kappa shape index (κ3) is 4.51. The molecule has 23 heavy (non-hydrogen) atoms. The van der Waals surface area contributed by atoms with E-state index in [0.29, 0.717) is 11.3 Å². The standard InChI is InChI=1S/C17H25NO4Si/c1-12(19)18(13(2)20)15-10-8-14(9-11-15)16(21)22-23(6,7)17(3,4)5/h8-11H,1-7H3. The molecular formula is C17H25NO4Si. The molecule has 0 atom stereocenters. The highest BCUT2D eigenvalue weighted by molar-refractivity contribution is 6.75. The van der Waals surface area contributed by atoms with Crippen molar-refractivity contribution in [1.29, 1.82) is 0 Å². The van der Waals surface area contributed by atoms with E-state index in [0.717, 1.165) is 4.90 Å². The van der Waals surface area contributed by atoms with Gasteiger partial charge in [-0.3, -0.25) is 14.5 Å². The molecule has 2 amide bonds. The number of hydrogen-bond donors (Lipinski definition) is 0. The van der Waals surface area contributed by atoms with E-state index in [1.165, 1.54) is 13.8 Å². The van der Waals surface area contributed by atoms with Gasteiger partial charge in [-0.1, -0.05) is 20.8 Å². The molecule has 0 bridgehead atoms. The van der Waals surface area contributed by atoms with Crippen LogP contribution >= 0.6 is 0 Å². The van der Waals surface area contributed by atoms with Gasteiger partial charge in [-0.25, -0.2) is 4.79 Å². The highest BCUT2D eigenvalue weighted by Gasteiger charge is 2.40. The molecule has 0 radical (unpaired) electrons. The molecule has 0 aliphatic carbocycles. The summed E-state index contributed by atoms with van der Waals surface area (Å²) >= 11 is 0. The zero-order valence-electron chi connectivity index (χ0n) is 14.9. The summed E-state index contributed by atoms with van der Waals surface area (Å²) in [6.45, 7) is 12.8. The van der Waals surface area contributed by atoms with Gasteiger partial charge in [-0.2, -0.15) is 0 Å². The number of amides is 2. The van der Waals surface area contributed by atoms with Crippen molar-refractivity contribution in [2.45, 2.75) is 52.8 Å². The van der Waals surface area contributed by atoms with Crippen molar-refractivity contribution >= 4 is 31.8 Å². The maximum Gasteiger partial charge on any atom is 0.324 e. The van der Waals surface area contributed by atoms with Crippen molar-refractivity contribution < 1.29 is 18.8 Å². The van der Waals surface area contributed by atoms with Crippen LogP contribution in [-0.2, 0) is 14.0 Å². The van der Waals surface area contributed by atoms with Crippen LogP contribution in [0.15, 0.2) is 24.3 Å². The van der Waals surface area contributed by atoms with Gasteiger partial charge < -0.3 is 4.43 Å². The quantitative estimate of drug-likeness (QED) is 0.789. The van der Waals surface area contributed by atoms with E-state index < -0.39 is 8.32 Å². The maximum absolute atomic E-state index is 12.3. The molecular weight excluding hydrogens is 310 g/mol. The molecule has 0 saturated carbocycles. The predicted molar refractivity (Wildman–Crippen MR) is 92.9 cm³/mol. The van der Waals surface area contributed by atoms with Gasteiger partial charge in [0.2, 0.25) is 11.8 Å². The zero-order chi connectivity index (χ0) is 18.0. The summed E-state index contributed by atoms with van der Waals surface area (Å²) in [5, 5.41) is -0.0668. The number of rotatable bonds is 3. The number of nitrogens with zero attached hydrogens (tertiary/aromatic N) is 1. The molecule has 0 aliphatic heterocycles. The van der Waals surface area contributed by atoms with E-state index in [9.17, 15) is 14.4 Å². The third-order valence-corrected chi connectivity index (χ3v) is 8.45. The minimum atomic E-state index is -2.19. The average molecular weight is 335 g/mol. The van der Waals surface area contributed by atoms with Crippen LogP contribution in [-0.4, -0.2) is 26.1 Å². The van der Waals surface area contributed by atoms with Crippen LogP contribution in [0.2, 0.25) is 18.1 Å². The van der Waals surface area contributed by atoms with Crippen molar-refractivity contribution in [3.63, 3.8) is 0 Å². The van der Waals surface area contributed by atoms with Crippen LogP contribution in [0.1, 0.15) is 45.0 Å². The Balaban J connectivity index is 2.99. The molecule has 1 aromatic rings. The first kappa shape index (κ1) is 19.1. The van der Waals surface area contributed by atoms with E-state index in [1.807, 2.05) is 13.1 Å². The van der Waals surface area contributed by atoms with E-state index in [-0.39, 0.29) is 22.8 Å². The number of anilines is 1. The highest BCUT2D eigenvalue weighted by Crippen LogP contribution is 2.37.